The van der Waals surface area contributed by atoms with Crippen LogP contribution in [0.1, 0.15) is 25.0 Å². The van der Waals surface area contributed by atoms with E-state index in [4.69, 9.17) is 5.73 Å². The van der Waals surface area contributed by atoms with Crippen LogP contribution in [0.5, 0.6) is 0 Å². The van der Waals surface area contributed by atoms with Gasteiger partial charge in [0.2, 0.25) is 5.91 Å². The number of amides is 1. The standard InChI is InChI=1S/C19H30N2O2Si/c1-15(18(22)16-11-7-6-8-12-16)21(2)19(23)17(20)13-9-10-14-24(3,4)5/h6-8,11-12,15,17-18,22H,13-14,20H2,1-5H3/t15-,17?,18+/m1/s1. The van der Waals surface area contributed by atoms with E-state index >= 15 is 0 Å². The first kappa shape index (κ1) is 20.4. The fraction of sp³-hybridized carbons (Fsp3) is 0.526. The van der Waals surface area contributed by atoms with Gasteiger partial charge in [-0.3, -0.25) is 4.79 Å². The van der Waals surface area contributed by atoms with Crippen LogP contribution in [0.15, 0.2) is 30.3 Å². The summed E-state index contributed by atoms with van der Waals surface area (Å²) >= 11 is 0. The van der Waals surface area contributed by atoms with Gasteiger partial charge in [-0.25, -0.2) is 0 Å². The van der Waals surface area contributed by atoms with E-state index in [0.717, 1.165) is 11.6 Å². The maximum absolute atomic E-state index is 12.4. The third kappa shape index (κ3) is 6.48. The van der Waals surface area contributed by atoms with Gasteiger partial charge in [-0.1, -0.05) is 50.0 Å². The molecule has 1 rings (SSSR count). The van der Waals surface area contributed by atoms with Crippen molar-refractivity contribution in [1.82, 2.24) is 4.90 Å². The van der Waals surface area contributed by atoms with Crippen LogP contribution >= 0.6 is 0 Å². The molecule has 0 saturated heterocycles. The Morgan fingerprint density at radius 1 is 1.25 bits per heavy atom. The molecule has 1 unspecified atom stereocenters. The van der Waals surface area contributed by atoms with Gasteiger partial charge < -0.3 is 15.7 Å². The Hall–Kier alpha value is -1.61. The van der Waals surface area contributed by atoms with E-state index in [1.807, 2.05) is 37.3 Å². The third-order valence-corrected chi connectivity index (χ3v) is 5.18. The third-order valence-electron chi connectivity index (χ3n) is 3.94. The number of benzene rings is 1. The highest BCUT2D eigenvalue weighted by molar-refractivity contribution is 6.76. The maximum Gasteiger partial charge on any atom is 0.240 e. The van der Waals surface area contributed by atoms with Gasteiger partial charge in [0.25, 0.3) is 0 Å². The zero-order valence-electron chi connectivity index (χ0n) is 15.4. The molecule has 0 saturated carbocycles. The molecule has 1 amide bonds. The van der Waals surface area contributed by atoms with E-state index in [2.05, 4.69) is 31.5 Å². The van der Waals surface area contributed by atoms with Crippen LogP contribution in [-0.2, 0) is 4.79 Å². The molecule has 0 radical (unpaired) electrons. The molecule has 132 valence electrons. The first-order valence-electron chi connectivity index (χ1n) is 8.34. The summed E-state index contributed by atoms with van der Waals surface area (Å²) in [6.07, 6.45) is -0.396. The normalized spacial score (nSPS) is 15.0. The second kappa shape index (κ2) is 9.02. The Morgan fingerprint density at radius 2 is 1.83 bits per heavy atom. The zero-order valence-corrected chi connectivity index (χ0v) is 16.4. The van der Waals surface area contributed by atoms with E-state index in [-0.39, 0.29) is 11.9 Å². The fourth-order valence-electron chi connectivity index (χ4n) is 2.20. The molecule has 1 aromatic carbocycles. The van der Waals surface area contributed by atoms with Crippen LogP contribution in [0, 0.1) is 11.8 Å². The molecule has 0 fully saturated rings. The van der Waals surface area contributed by atoms with Gasteiger partial charge in [0, 0.05) is 19.5 Å². The molecule has 3 atom stereocenters. The SMILES string of the molecule is C[C@H]([C@H](O)c1ccccc1)N(C)C(=O)C(N)CC#CC[Si](C)(C)C. The number of likely N-dealkylation sites (N-methyl/N-ethyl adjacent to an activating group) is 1. The molecule has 24 heavy (non-hydrogen) atoms. The van der Waals surface area contributed by atoms with Crippen molar-refractivity contribution in [3.63, 3.8) is 0 Å². The minimum absolute atomic E-state index is 0.195. The molecule has 4 nitrogen and oxygen atoms in total. The van der Waals surface area contributed by atoms with Gasteiger partial charge in [0.15, 0.2) is 0 Å². The van der Waals surface area contributed by atoms with E-state index in [0.29, 0.717) is 6.42 Å². The number of rotatable bonds is 6. The lowest BCUT2D eigenvalue weighted by molar-refractivity contribution is -0.135. The average molecular weight is 347 g/mol. The van der Waals surface area contributed by atoms with Crippen LogP contribution in [0.3, 0.4) is 0 Å². The van der Waals surface area contributed by atoms with E-state index < -0.39 is 20.2 Å². The summed E-state index contributed by atoms with van der Waals surface area (Å²) in [5, 5.41) is 10.4. The lowest BCUT2D eigenvalue weighted by Gasteiger charge is -2.30. The second-order valence-corrected chi connectivity index (χ2v) is 12.9. The van der Waals surface area contributed by atoms with Crippen molar-refractivity contribution in [2.24, 2.45) is 5.73 Å². The number of aliphatic hydroxyl groups excluding tert-OH is 1. The minimum atomic E-state index is -1.19. The van der Waals surface area contributed by atoms with Crippen molar-refractivity contribution in [1.29, 1.82) is 0 Å². The number of aliphatic hydroxyl groups is 1. The molecule has 0 spiro atoms. The molecule has 1 aromatic rings. The number of hydrogen-bond donors (Lipinski definition) is 2. The number of nitrogens with zero attached hydrogens (tertiary/aromatic N) is 1. The number of hydrogen-bond acceptors (Lipinski definition) is 3. The van der Waals surface area contributed by atoms with E-state index in [1.165, 1.54) is 4.90 Å². The second-order valence-electron chi connectivity index (χ2n) is 7.45. The van der Waals surface area contributed by atoms with Crippen molar-refractivity contribution >= 4 is 14.0 Å². The van der Waals surface area contributed by atoms with Crippen molar-refractivity contribution in [2.75, 3.05) is 7.05 Å². The van der Waals surface area contributed by atoms with Crippen LogP contribution in [0.4, 0.5) is 0 Å². The quantitative estimate of drug-likeness (QED) is 0.615. The van der Waals surface area contributed by atoms with Crippen LogP contribution in [-0.4, -0.2) is 43.1 Å². The summed E-state index contributed by atoms with van der Waals surface area (Å²) in [6.45, 7) is 8.59. The molecule has 0 aliphatic carbocycles. The van der Waals surface area contributed by atoms with Gasteiger partial charge in [0.1, 0.15) is 0 Å². The molecule has 0 aliphatic rings. The van der Waals surface area contributed by atoms with Gasteiger partial charge in [-0.05, 0) is 12.5 Å². The lowest BCUT2D eigenvalue weighted by atomic mass is 10.0. The van der Waals surface area contributed by atoms with Crippen molar-refractivity contribution in [3.8, 4) is 11.8 Å². The minimum Gasteiger partial charge on any atom is -0.386 e. The smallest absolute Gasteiger partial charge is 0.240 e. The highest BCUT2D eigenvalue weighted by Gasteiger charge is 2.26. The van der Waals surface area contributed by atoms with Gasteiger partial charge in [-0.15, -0.1) is 11.8 Å². The molecule has 0 heterocycles. The van der Waals surface area contributed by atoms with Crippen molar-refractivity contribution < 1.29 is 9.90 Å². The monoisotopic (exact) mass is 346 g/mol. The first-order chi connectivity index (χ1) is 11.1. The molecule has 3 N–H and O–H groups in total. The molecular formula is C19H30N2O2Si. The van der Waals surface area contributed by atoms with Gasteiger partial charge >= 0.3 is 0 Å². The highest BCUT2D eigenvalue weighted by Crippen LogP contribution is 2.20. The summed E-state index contributed by atoms with van der Waals surface area (Å²) in [6, 6.07) is 9.22. The predicted molar refractivity (Wildman–Crippen MR) is 102 cm³/mol. The molecule has 0 aromatic heterocycles. The van der Waals surface area contributed by atoms with Crippen molar-refractivity contribution in [3.05, 3.63) is 35.9 Å². The Morgan fingerprint density at radius 3 is 2.38 bits per heavy atom. The lowest BCUT2D eigenvalue weighted by Crippen LogP contribution is -2.47. The van der Waals surface area contributed by atoms with Crippen LogP contribution < -0.4 is 5.73 Å². The molecular weight excluding hydrogens is 316 g/mol. The van der Waals surface area contributed by atoms with Crippen LogP contribution in [0.2, 0.25) is 25.7 Å². The first-order valence-corrected chi connectivity index (χ1v) is 12.0. The summed E-state index contributed by atoms with van der Waals surface area (Å²) in [7, 11) is 0.484. The average Bonchev–Trinajstić information content (AvgIpc) is 2.55. The van der Waals surface area contributed by atoms with E-state index in [1.54, 1.807) is 7.05 Å². The Balaban J connectivity index is 2.62. The Labute approximate surface area is 147 Å². The summed E-state index contributed by atoms with van der Waals surface area (Å²) in [5.41, 5.74) is 6.77. The van der Waals surface area contributed by atoms with E-state index in [9.17, 15) is 9.90 Å². The summed E-state index contributed by atoms with van der Waals surface area (Å²) in [5.74, 6) is 5.97. The van der Waals surface area contributed by atoms with Gasteiger partial charge in [-0.2, -0.15) is 0 Å². The Bertz CT molecular complexity index is 587. The Kier molecular flexibility index (Phi) is 7.68. The molecule has 0 aliphatic heterocycles. The number of carbonyl (C=O) groups excluding carboxylic acids is 1. The molecule has 5 heteroatoms. The largest absolute Gasteiger partial charge is 0.386 e. The topological polar surface area (TPSA) is 66.6 Å². The van der Waals surface area contributed by atoms with Crippen molar-refractivity contribution in [2.45, 2.75) is 57.2 Å². The summed E-state index contributed by atoms with van der Waals surface area (Å²) < 4.78 is 0. The maximum atomic E-state index is 12.4. The fourth-order valence-corrected chi connectivity index (χ4v) is 2.86. The number of carbonyl (C=O) groups is 1. The number of nitrogens with two attached hydrogens (primary N) is 1. The highest BCUT2D eigenvalue weighted by atomic mass is 28.3. The van der Waals surface area contributed by atoms with Crippen LogP contribution in [0.25, 0.3) is 0 Å². The van der Waals surface area contributed by atoms with Gasteiger partial charge in [0.05, 0.1) is 26.3 Å². The zero-order chi connectivity index (χ0) is 18.3. The summed E-state index contributed by atoms with van der Waals surface area (Å²) in [4.78, 5) is 14.0. The molecule has 0 bridgehead atoms. The predicted octanol–water partition coefficient (Wildman–Crippen LogP) is 2.63.